The van der Waals surface area contributed by atoms with Crippen LogP contribution in [0.5, 0.6) is 0 Å². The second-order valence-corrected chi connectivity index (χ2v) is 6.59. The molecule has 1 N–H and O–H groups in total. The number of benzene rings is 1. The maximum atomic E-state index is 12.0. The lowest BCUT2D eigenvalue weighted by Crippen LogP contribution is -2.37. The fourth-order valence-corrected chi connectivity index (χ4v) is 3.43. The van der Waals surface area contributed by atoms with Crippen molar-refractivity contribution >= 4 is 23.2 Å². The van der Waals surface area contributed by atoms with Crippen LogP contribution < -0.4 is 10.2 Å². The van der Waals surface area contributed by atoms with Crippen LogP contribution in [0.2, 0.25) is 5.02 Å². The highest BCUT2D eigenvalue weighted by Gasteiger charge is 2.24. The average molecular weight is 323 g/mol. The molecular formula is C17H23ClN2O2. The largest absolute Gasteiger partial charge is 0.378 e. The van der Waals surface area contributed by atoms with Crippen molar-refractivity contribution in [1.82, 2.24) is 5.32 Å². The lowest BCUT2D eigenvalue weighted by Gasteiger charge is -2.19. The van der Waals surface area contributed by atoms with Crippen LogP contribution >= 0.6 is 11.6 Å². The molecule has 0 aliphatic carbocycles. The molecule has 2 aliphatic rings. The molecule has 2 fully saturated rings. The number of hydrogen-bond donors (Lipinski definition) is 1. The van der Waals surface area contributed by atoms with Gasteiger partial charge in [0, 0.05) is 42.9 Å². The summed E-state index contributed by atoms with van der Waals surface area (Å²) >= 11 is 6.04. The highest BCUT2D eigenvalue weighted by Crippen LogP contribution is 2.23. The molecule has 2 aliphatic heterocycles. The number of hydrogen-bond acceptors (Lipinski definition) is 3. The third-order valence-electron chi connectivity index (χ3n) is 4.44. The van der Waals surface area contributed by atoms with E-state index in [0.717, 1.165) is 56.1 Å². The molecule has 0 unspecified atom stereocenters. The zero-order valence-corrected chi connectivity index (χ0v) is 13.5. The summed E-state index contributed by atoms with van der Waals surface area (Å²) in [7, 11) is 0. The molecule has 4 nitrogen and oxygen atoms in total. The van der Waals surface area contributed by atoms with E-state index in [4.69, 9.17) is 16.3 Å². The van der Waals surface area contributed by atoms with E-state index in [2.05, 4.69) is 16.3 Å². The van der Waals surface area contributed by atoms with Gasteiger partial charge >= 0.3 is 0 Å². The molecule has 0 radical (unpaired) electrons. The first-order valence-electron chi connectivity index (χ1n) is 8.12. The molecule has 2 saturated heterocycles. The number of nitrogens with zero attached hydrogens (tertiary/aromatic N) is 1. The van der Waals surface area contributed by atoms with E-state index in [1.165, 1.54) is 0 Å². The minimum atomic E-state index is 0.147. The van der Waals surface area contributed by atoms with Crippen LogP contribution in [-0.2, 0) is 9.53 Å². The summed E-state index contributed by atoms with van der Waals surface area (Å²) < 4.78 is 5.56. The first-order chi connectivity index (χ1) is 10.7. The lowest BCUT2D eigenvalue weighted by atomic mass is 10.1. The van der Waals surface area contributed by atoms with Gasteiger partial charge in [0.25, 0.3) is 0 Å². The van der Waals surface area contributed by atoms with Gasteiger partial charge in [-0.2, -0.15) is 0 Å². The quantitative estimate of drug-likeness (QED) is 0.906. The predicted octanol–water partition coefficient (Wildman–Crippen LogP) is 2.99. The Morgan fingerprint density at radius 2 is 2.32 bits per heavy atom. The van der Waals surface area contributed by atoms with Crippen molar-refractivity contribution in [2.24, 2.45) is 0 Å². The first-order valence-corrected chi connectivity index (χ1v) is 8.50. The van der Waals surface area contributed by atoms with Gasteiger partial charge in [-0.05, 0) is 43.9 Å². The highest BCUT2D eigenvalue weighted by molar-refractivity contribution is 6.30. The number of halogens is 1. The van der Waals surface area contributed by atoms with Gasteiger partial charge in [-0.15, -0.1) is 0 Å². The van der Waals surface area contributed by atoms with Crippen molar-refractivity contribution in [1.29, 1.82) is 0 Å². The third kappa shape index (κ3) is 4.14. The Balaban J connectivity index is 1.43. The Kier molecular flexibility index (Phi) is 5.21. The van der Waals surface area contributed by atoms with Crippen molar-refractivity contribution in [2.45, 2.75) is 44.2 Å². The second-order valence-electron chi connectivity index (χ2n) is 6.15. The van der Waals surface area contributed by atoms with E-state index in [1.54, 1.807) is 0 Å². The SMILES string of the molecule is O=C(CC[C@@H]1CCCO1)N[C@H]1CCN(c2cccc(Cl)c2)C1. The van der Waals surface area contributed by atoms with Gasteiger partial charge in [0.15, 0.2) is 0 Å². The molecule has 1 amide bonds. The molecule has 0 saturated carbocycles. The normalized spacial score (nSPS) is 24.7. The molecular weight excluding hydrogens is 300 g/mol. The minimum absolute atomic E-state index is 0.147. The molecule has 0 aromatic heterocycles. The second kappa shape index (κ2) is 7.34. The van der Waals surface area contributed by atoms with Gasteiger partial charge < -0.3 is 15.0 Å². The summed E-state index contributed by atoms with van der Waals surface area (Å²) in [4.78, 5) is 14.3. The zero-order valence-electron chi connectivity index (χ0n) is 12.8. The molecule has 0 bridgehead atoms. The van der Waals surface area contributed by atoms with Crippen molar-refractivity contribution in [3.63, 3.8) is 0 Å². The van der Waals surface area contributed by atoms with Crippen LogP contribution in [0.4, 0.5) is 5.69 Å². The number of nitrogens with one attached hydrogen (secondary N) is 1. The maximum absolute atomic E-state index is 12.0. The predicted molar refractivity (Wildman–Crippen MR) is 88.4 cm³/mol. The highest BCUT2D eigenvalue weighted by atomic mass is 35.5. The van der Waals surface area contributed by atoms with Crippen LogP contribution in [0.15, 0.2) is 24.3 Å². The van der Waals surface area contributed by atoms with E-state index in [1.807, 2.05) is 18.2 Å². The first kappa shape index (κ1) is 15.6. The maximum Gasteiger partial charge on any atom is 0.220 e. The standard InChI is InChI=1S/C17H23ClN2O2/c18-13-3-1-4-15(11-13)20-9-8-14(12-20)19-17(21)7-6-16-5-2-10-22-16/h1,3-4,11,14,16H,2,5-10,12H2,(H,19,21)/t14-,16-/m0/s1. The smallest absolute Gasteiger partial charge is 0.220 e. The van der Waals surface area contributed by atoms with Crippen molar-refractivity contribution < 1.29 is 9.53 Å². The van der Waals surface area contributed by atoms with Crippen LogP contribution in [0.1, 0.15) is 32.1 Å². The summed E-state index contributed by atoms with van der Waals surface area (Å²) in [5.74, 6) is 0.147. The Morgan fingerprint density at radius 1 is 1.41 bits per heavy atom. The van der Waals surface area contributed by atoms with Crippen molar-refractivity contribution in [3.05, 3.63) is 29.3 Å². The number of carbonyl (C=O) groups is 1. The summed E-state index contributed by atoms with van der Waals surface area (Å²) in [5.41, 5.74) is 1.13. The van der Waals surface area contributed by atoms with Gasteiger partial charge in [-0.1, -0.05) is 17.7 Å². The summed E-state index contributed by atoms with van der Waals surface area (Å²) in [6.45, 7) is 2.66. The van der Waals surface area contributed by atoms with E-state index in [-0.39, 0.29) is 18.1 Å². The van der Waals surface area contributed by atoms with E-state index < -0.39 is 0 Å². The topological polar surface area (TPSA) is 41.6 Å². The third-order valence-corrected chi connectivity index (χ3v) is 4.68. The molecule has 0 spiro atoms. The molecule has 1 aromatic rings. The van der Waals surface area contributed by atoms with Crippen LogP contribution in [0, 0.1) is 0 Å². The van der Waals surface area contributed by atoms with E-state index >= 15 is 0 Å². The minimum Gasteiger partial charge on any atom is -0.378 e. The van der Waals surface area contributed by atoms with E-state index in [0.29, 0.717) is 6.42 Å². The van der Waals surface area contributed by atoms with Gasteiger partial charge in [0.1, 0.15) is 0 Å². The molecule has 2 heterocycles. The number of amides is 1. The Morgan fingerprint density at radius 3 is 3.09 bits per heavy atom. The Labute approximate surface area is 136 Å². The molecule has 22 heavy (non-hydrogen) atoms. The van der Waals surface area contributed by atoms with Crippen LogP contribution in [-0.4, -0.2) is 37.7 Å². The fraction of sp³-hybridized carbons (Fsp3) is 0.588. The number of rotatable bonds is 5. The lowest BCUT2D eigenvalue weighted by molar-refractivity contribution is -0.122. The zero-order chi connectivity index (χ0) is 15.4. The van der Waals surface area contributed by atoms with E-state index in [9.17, 15) is 4.79 Å². The molecule has 5 heteroatoms. The summed E-state index contributed by atoms with van der Waals surface area (Å²) in [5, 5.41) is 3.90. The Bertz CT molecular complexity index is 517. The number of ether oxygens (including phenoxy) is 1. The summed E-state index contributed by atoms with van der Waals surface area (Å²) in [6.07, 6.45) is 4.91. The molecule has 3 rings (SSSR count). The Hall–Kier alpha value is -1.26. The van der Waals surface area contributed by atoms with Gasteiger partial charge in [0.2, 0.25) is 5.91 Å². The van der Waals surface area contributed by atoms with Gasteiger partial charge in [-0.3, -0.25) is 4.79 Å². The number of anilines is 1. The van der Waals surface area contributed by atoms with Crippen LogP contribution in [0.3, 0.4) is 0 Å². The van der Waals surface area contributed by atoms with Gasteiger partial charge in [0.05, 0.1) is 6.10 Å². The number of carbonyl (C=O) groups excluding carboxylic acids is 1. The molecule has 120 valence electrons. The van der Waals surface area contributed by atoms with Gasteiger partial charge in [-0.25, -0.2) is 0 Å². The fourth-order valence-electron chi connectivity index (χ4n) is 3.25. The monoisotopic (exact) mass is 322 g/mol. The van der Waals surface area contributed by atoms with Crippen molar-refractivity contribution in [3.8, 4) is 0 Å². The molecule has 2 atom stereocenters. The van der Waals surface area contributed by atoms with Crippen molar-refractivity contribution in [2.75, 3.05) is 24.6 Å². The summed E-state index contributed by atoms with van der Waals surface area (Å²) in [6, 6.07) is 8.11. The molecule has 1 aromatic carbocycles. The average Bonchev–Trinajstić information content (AvgIpc) is 3.16. The van der Waals surface area contributed by atoms with Crippen LogP contribution in [0.25, 0.3) is 0 Å².